The summed E-state index contributed by atoms with van der Waals surface area (Å²) in [6.07, 6.45) is 3.19. The summed E-state index contributed by atoms with van der Waals surface area (Å²) in [5.74, 6) is -3.53. The molecule has 1 aliphatic heterocycles. The molecule has 2 N–H and O–H groups in total. The van der Waals surface area contributed by atoms with E-state index in [1.54, 1.807) is 30.3 Å². The zero-order valence-electron chi connectivity index (χ0n) is 16.7. The van der Waals surface area contributed by atoms with Crippen LogP contribution in [0, 0.1) is 11.8 Å². The van der Waals surface area contributed by atoms with Crippen LogP contribution in [0.15, 0.2) is 42.5 Å². The molecule has 1 heterocycles. The number of imide groups is 2. The number of urea groups is 1. The van der Waals surface area contributed by atoms with Gasteiger partial charge in [-0.1, -0.05) is 42.5 Å². The second kappa shape index (κ2) is 8.89. The Balaban J connectivity index is 1.78. The number of rotatable bonds is 5. The molecule has 0 radical (unpaired) electrons. The fraction of sp³-hybridized carbons (Fsp3) is 0.381. The molecule has 4 atom stereocenters. The Hall–Kier alpha value is -3.49. The summed E-state index contributed by atoms with van der Waals surface area (Å²) in [5.41, 5.74) is 0.344. The zero-order chi connectivity index (χ0) is 21.8. The fourth-order valence-corrected chi connectivity index (χ4v) is 3.67. The Morgan fingerprint density at radius 1 is 1.03 bits per heavy atom. The van der Waals surface area contributed by atoms with Gasteiger partial charge < -0.3 is 10.1 Å². The lowest BCUT2D eigenvalue weighted by molar-refractivity contribution is -0.165. The number of carbonyl (C=O) groups excluding carboxylic acids is 5. The summed E-state index contributed by atoms with van der Waals surface area (Å²) < 4.78 is 5.38. The second-order valence-electron chi connectivity index (χ2n) is 7.17. The number of benzene rings is 1. The van der Waals surface area contributed by atoms with Gasteiger partial charge in [-0.25, -0.2) is 9.59 Å². The minimum atomic E-state index is -1.42. The van der Waals surface area contributed by atoms with Gasteiger partial charge in [0.2, 0.25) is 17.9 Å². The van der Waals surface area contributed by atoms with E-state index in [1.165, 1.54) is 14.0 Å². The average molecular weight is 413 g/mol. The van der Waals surface area contributed by atoms with Crippen LogP contribution < -0.4 is 10.6 Å². The van der Waals surface area contributed by atoms with Gasteiger partial charge >= 0.3 is 12.0 Å². The number of ether oxygens (including phenoxy) is 1. The number of hydrogen-bond donors (Lipinski definition) is 2. The van der Waals surface area contributed by atoms with Crippen molar-refractivity contribution in [1.82, 2.24) is 15.5 Å². The van der Waals surface area contributed by atoms with E-state index in [1.807, 2.05) is 12.2 Å². The summed E-state index contributed by atoms with van der Waals surface area (Å²) in [6, 6.07) is 6.20. The predicted octanol–water partition coefficient (Wildman–Crippen LogP) is 1.07. The highest BCUT2D eigenvalue weighted by Gasteiger charge is 2.50. The molecule has 1 aliphatic carbocycles. The van der Waals surface area contributed by atoms with Crippen LogP contribution in [0.1, 0.15) is 31.4 Å². The average Bonchev–Trinajstić information content (AvgIpc) is 3.02. The highest BCUT2D eigenvalue weighted by molar-refractivity contribution is 6.08. The minimum Gasteiger partial charge on any atom is -0.446 e. The molecule has 9 heteroatoms. The first-order valence-corrected chi connectivity index (χ1v) is 9.65. The van der Waals surface area contributed by atoms with Crippen LogP contribution >= 0.6 is 0 Å². The van der Waals surface area contributed by atoms with Gasteiger partial charge in [-0.2, -0.15) is 0 Å². The normalized spacial score (nSPS) is 22.1. The van der Waals surface area contributed by atoms with Crippen LogP contribution in [0.4, 0.5) is 4.79 Å². The van der Waals surface area contributed by atoms with Crippen molar-refractivity contribution >= 4 is 29.7 Å². The van der Waals surface area contributed by atoms with E-state index in [0.717, 1.165) is 4.90 Å². The van der Waals surface area contributed by atoms with Crippen LogP contribution in [-0.4, -0.2) is 47.7 Å². The topological polar surface area (TPSA) is 122 Å². The third kappa shape index (κ3) is 4.10. The van der Waals surface area contributed by atoms with Gasteiger partial charge in [-0.3, -0.25) is 24.6 Å². The molecular formula is C21H23N3O6. The molecule has 1 fully saturated rings. The molecule has 5 amide bonds. The Kier molecular flexibility index (Phi) is 6.29. The Labute approximate surface area is 173 Å². The maximum atomic E-state index is 12.8. The van der Waals surface area contributed by atoms with Gasteiger partial charge in [0.25, 0.3) is 5.91 Å². The smallest absolute Gasteiger partial charge is 0.330 e. The first kappa shape index (κ1) is 21.2. The number of fused-ring (bicyclic) bond motifs is 1. The molecule has 30 heavy (non-hydrogen) atoms. The van der Waals surface area contributed by atoms with E-state index in [9.17, 15) is 24.0 Å². The van der Waals surface area contributed by atoms with E-state index < -0.39 is 53.7 Å². The molecular weight excluding hydrogens is 390 g/mol. The largest absolute Gasteiger partial charge is 0.446 e. The van der Waals surface area contributed by atoms with Crippen LogP contribution in [0.25, 0.3) is 0 Å². The lowest BCUT2D eigenvalue weighted by atomic mass is 9.85. The summed E-state index contributed by atoms with van der Waals surface area (Å²) in [7, 11) is 1.34. The summed E-state index contributed by atoms with van der Waals surface area (Å²) in [5, 5.41) is 4.33. The lowest BCUT2D eigenvalue weighted by Crippen LogP contribution is -2.46. The monoisotopic (exact) mass is 413 g/mol. The summed E-state index contributed by atoms with van der Waals surface area (Å²) >= 11 is 0. The van der Waals surface area contributed by atoms with Gasteiger partial charge in [-0.05, 0) is 19.8 Å². The molecule has 1 aromatic carbocycles. The molecule has 0 unspecified atom stereocenters. The number of amides is 5. The van der Waals surface area contributed by atoms with Crippen LogP contribution in [0.2, 0.25) is 0 Å². The van der Waals surface area contributed by atoms with Crippen LogP contribution in [-0.2, 0) is 23.9 Å². The van der Waals surface area contributed by atoms with Crippen molar-refractivity contribution in [3.05, 3.63) is 48.0 Å². The lowest BCUT2D eigenvalue weighted by Gasteiger charge is -2.24. The SMILES string of the molecule is CNC(=O)NC(=O)[C@@H](OC(=O)[C@H](C)N1C(=O)[C@H]2CC=CC[C@H]2C1=O)c1ccccc1. The maximum absolute atomic E-state index is 12.8. The van der Waals surface area contributed by atoms with Crippen LogP contribution in [0.5, 0.6) is 0 Å². The van der Waals surface area contributed by atoms with Gasteiger partial charge in [0.05, 0.1) is 11.8 Å². The van der Waals surface area contributed by atoms with E-state index in [4.69, 9.17) is 4.74 Å². The Bertz CT molecular complexity index is 871. The summed E-state index contributed by atoms with van der Waals surface area (Å²) in [4.78, 5) is 63.2. The third-order valence-electron chi connectivity index (χ3n) is 5.31. The molecule has 1 aromatic rings. The molecule has 158 valence electrons. The number of hydrogen-bond acceptors (Lipinski definition) is 6. The number of carbonyl (C=O) groups is 5. The standard InChI is InChI=1S/C21H23N3O6/c1-12(24-18(26)14-10-6-7-11-15(14)19(24)27)20(28)30-16(13-8-4-3-5-9-13)17(25)23-21(29)22-2/h3-9,12,14-16H,10-11H2,1-2H3,(H2,22,23,25,29)/t12-,14-,15+,16-/m0/s1. The number of likely N-dealkylation sites (tertiary alicyclic amines) is 1. The van der Waals surface area contributed by atoms with Crippen molar-refractivity contribution in [3.63, 3.8) is 0 Å². The maximum Gasteiger partial charge on any atom is 0.330 e. The highest BCUT2D eigenvalue weighted by Crippen LogP contribution is 2.36. The predicted molar refractivity (Wildman–Crippen MR) is 105 cm³/mol. The number of allylic oxidation sites excluding steroid dienone is 2. The second-order valence-corrected chi connectivity index (χ2v) is 7.17. The van der Waals surface area contributed by atoms with Crippen LogP contribution in [0.3, 0.4) is 0 Å². The van der Waals surface area contributed by atoms with Gasteiger partial charge in [-0.15, -0.1) is 0 Å². The quantitative estimate of drug-likeness (QED) is 0.423. The van der Waals surface area contributed by atoms with E-state index in [0.29, 0.717) is 18.4 Å². The Morgan fingerprint density at radius 2 is 1.60 bits per heavy atom. The van der Waals surface area contributed by atoms with E-state index in [-0.39, 0.29) is 0 Å². The summed E-state index contributed by atoms with van der Waals surface area (Å²) in [6.45, 7) is 1.39. The van der Waals surface area contributed by atoms with Gasteiger partial charge in [0.1, 0.15) is 6.04 Å². The van der Waals surface area contributed by atoms with Crippen molar-refractivity contribution < 1.29 is 28.7 Å². The van der Waals surface area contributed by atoms with E-state index >= 15 is 0 Å². The fourth-order valence-electron chi connectivity index (χ4n) is 3.67. The molecule has 0 bridgehead atoms. The zero-order valence-corrected chi connectivity index (χ0v) is 16.7. The number of nitrogens with zero attached hydrogens (tertiary/aromatic N) is 1. The highest BCUT2D eigenvalue weighted by atomic mass is 16.6. The van der Waals surface area contributed by atoms with Crippen molar-refractivity contribution in [3.8, 4) is 0 Å². The van der Waals surface area contributed by atoms with Crippen molar-refractivity contribution in [1.29, 1.82) is 0 Å². The molecule has 0 saturated carbocycles. The first-order chi connectivity index (χ1) is 14.3. The molecule has 1 saturated heterocycles. The van der Waals surface area contributed by atoms with Crippen molar-refractivity contribution in [2.24, 2.45) is 11.8 Å². The van der Waals surface area contributed by atoms with Crippen molar-refractivity contribution in [2.45, 2.75) is 31.9 Å². The van der Waals surface area contributed by atoms with E-state index in [2.05, 4.69) is 10.6 Å². The molecule has 0 aromatic heterocycles. The third-order valence-corrected chi connectivity index (χ3v) is 5.31. The first-order valence-electron chi connectivity index (χ1n) is 9.65. The molecule has 3 rings (SSSR count). The molecule has 9 nitrogen and oxygen atoms in total. The number of esters is 1. The Morgan fingerprint density at radius 3 is 2.13 bits per heavy atom. The number of nitrogens with one attached hydrogen (secondary N) is 2. The van der Waals surface area contributed by atoms with Gasteiger partial charge in [0.15, 0.2) is 0 Å². The minimum absolute atomic E-state index is 0.344. The van der Waals surface area contributed by atoms with Crippen molar-refractivity contribution in [2.75, 3.05) is 7.05 Å². The van der Waals surface area contributed by atoms with Gasteiger partial charge in [0, 0.05) is 12.6 Å². The molecule has 0 spiro atoms. The molecule has 2 aliphatic rings.